The van der Waals surface area contributed by atoms with Crippen molar-refractivity contribution in [3.8, 4) is 11.5 Å². The average Bonchev–Trinajstić information content (AvgIpc) is 3.40. The number of carbonyl (C=O) groups excluding carboxylic acids is 1. The molecule has 200 valence electrons. The van der Waals surface area contributed by atoms with Crippen molar-refractivity contribution in [1.29, 1.82) is 0 Å². The van der Waals surface area contributed by atoms with Crippen LogP contribution in [0, 0.1) is 5.82 Å². The summed E-state index contributed by atoms with van der Waals surface area (Å²) in [5.41, 5.74) is 5.07. The lowest BCUT2D eigenvalue weighted by molar-refractivity contribution is -0.0165. The van der Waals surface area contributed by atoms with Crippen LogP contribution in [-0.4, -0.2) is 70.6 Å². The van der Waals surface area contributed by atoms with Crippen LogP contribution in [0.3, 0.4) is 0 Å². The van der Waals surface area contributed by atoms with Crippen molar-refractivity contribution >= 4 is 17.1 Å². The number of nitrogens with zero attached hydrogens (tertiary/aromatic N) is 5. The fourth-order valence-electron chi connectivity index (χ4n) is 5.51. The predicted molar refractivity (Wildman–Crippen MR) is 137 cm³/mol. The molecule has 0 bridgehead atoms. The van der Waals surface area contributed by atoms with Gasteiger partial charge in [-0.15, -0.1) is 5.10 Å². The Morgan fingerprint density at radius 3 is 2.10 bits per heavy atom. The largest absolute Gasteiger partial charge is 0.467 e. The van der Waals surface area contributed by atoms with Gasteiger partial charge in [0.1, 0.15) is 28.3 Å². The fraction of sp³-hybridized carbons (Fsp3) is 0.321. The van der Waals surface area contributed by atoms with E-state index in [1.165, 1.54) is 22.9 Å². The summed E-state index contributed by atoms with van der Waals surface area (Å²) in [6.45, 7) is 3.74. The van der Waals surface area contributed by atoms with Crippen LogP contribution in [0.4, 0.5) is 9.18 Å². The number of piperazine rings is 1. The van der Waals surface area contributed by atoms with Crippen molar-refractivity contribution in [2.75, 3.05) is 39.8 Å². The lowest BCUT2D eigenvalue weighted by atomic mass is 9.93. The maximum atomic E-state index is 13.8. The lowest BCUT2D eigenvalue weighted by Gasteiger charge is -2.40. The quantitative estimate of drug-likeness (QED) is 0.396. The third-order valence-corrected chi connectivity index (χ3v) is 7.45. The summed E-state index contributed by atoms with van der Waals surface area (Å²) in [5.74, 6) is 1.24. The second-order valence-corrected chi connectivity index (χ2v) is 9.80. The number of carbonyl (C=O) groups is 1. The molecule has 39 heavy (non-hydrogen) atoms. The summed E-state index contributed by atoms with van der Waals surface area (Å²) in [5, 5.41) is 8.01. The number of benzene rings is 3. The highest BCUT2D eigenvalue weighted by Gasteiger charge is 2.31. The molecule has 4 aromatic rings. The van der Waals surface area contributed by atoms with Crippen molar-refractivity contribution in [2.24, 2.45) is 0 Å². The molecule has 0 saturated carbocycles. The average molecular weight is 532 g/mol. The molecule has 7 rings (SSSR count). The molecule has 3 aromatic carbocycles. The molecule has 1 amide bonds. The Morgan fingerprint density at radius 2 is 1.46 bits per heavy atom. The summed E-state index contributed by atoms with van der Waals surface area (Å²) in [7, 11) is 0. The van der Waals surface area contributed by atoms with Crippen molar-refractivity contribution < 1.29 is 28.1 Å². The van der Waals surface area contributed by atoms with Crippen molar-refractivity contribution in [2.45, 2.75) is 19.3 Å². The molecule has 3 aliphatic heterocycles. The first-order valence-electron chi connectivity index (χ1n) is 12.8. The van der Waals surface area contributed by atoms with Crippen LogP contribution in [0.25, 0.3) is 11.0 Å². The third kappa shape index (κ3) is 4.48. The Morgan fingerprint density at radius 1 is 0.821 bits per heavy atom. The standard InChI is InChI=1S/C28H26FN5O5/c29-22-3-4-23-24(13-22)34(31-30-23)28(35)33-9-7-32(8-10-33)27(18-1-5-25-20(11-18)14-36-16-38-25)19-2-6-26-21(12-19)15-37-17-39-26/h1-6,11-13,27H,7-10,14-17H2. The van der Waals surface area contributed by atoms with E-state index in [0.29, 0.717) is 50.4 Å². The van der Waals surface area contributed by atoms with Crippen LogP contribution in [0.2, 0.25) is 0 Å². The first kappa shape index (κ1) is 24.0. The molecule has 3 aliphatic rings. The number of aromatic nitrogens is 3. The van der Waals surface area contributed by atoms with Gasteiger partial charge >= 0.3 is 6.03 Å². The zero-order chi connectivity index (χ0) is 26.3. The number of hydrogen-bond acceptors (Lipinski definition) is 8. The number of rotatable bonds is 3. The minimum atomic E-state index is -0.437. The molecule has 4 heterocycles. The van der Waals surface area contributed by atoms with E-state index in [-0.39, 0.29) is 25.7 Å². The van der Waals surface area contributed by atoms with E-state index < -0.39 is 5.82 Å². The van der Waals surface area contributed by atoms with E-state index in [0.717, 1.165) is 33.8 Å². The lowest BCUT2D eigenvalue weighted by Crippen LogP contribution is -2.51. The van der Waals surface area contributed by atoms with Gasteiger partial charge in [-0.1, -0.05) is 17.3 Å². The predicted octanol–water partition coefficient (Wildman–Crippen LogP) is 3.68. The van der Waals surface area contributed by atoms with Gasteiger partial charge in [-0.2, -0.15) is 4.68 Å². The Bertz CT molecular complexity index is 1490. The first-order chi connectivity index (χ1) is 19.1. The summed E-state index contributed by atoms with van der Waals surface area (Å²) in [4.78, 5) is 17.4. The normalized spacial score (nSPS) is 17.4. The molecule has 1 saturated heterocycles. The zero-order valence-electron chi connectivity index (χ0n) is 21.1. The van der Waals surface area contributed by atoms with Gasteiger partial charge in [0.25, 0.3) is 0 Å². The van der Waals surface area contributed by atoms with Crippen LogP contribution >= 0.6 is 0 Å². The number of halogens is 1. The highest BCUT2D eigenvalue weighted by atomic mass is 19.1. The van der Waals surface area contributed by atoms with Crippen molar-refractivity contribution in [3.63, 3.8) is 0 Å². The zero-order valence-corrected chi connectivity index (χ0v) is 21.1. The summed E-state index contributed by atoms with van der Waals surface area (Å²) in [6.07, 6.45) is 0. The second-order valence-electron chi connectivity index (χ2n) is 9.80. The van der Waals surface area contributed by atoms with E-state index in [9.17, 15) is 9.18 Å². The van der Waals surface area contributed by atoms with E-state index in [1.807, 2.05) is 12.1 Å². The molecule has 0 spiro atoms. The minimum Gasteiger partial charge on any atom is -0.467 e. The van der Waals surface area contributed by atoms with E-state index in [4.69, 9.17) is 18.9 Å². The first-order valence-corrected chi connectivity index (χ1v) is 12.8. The molecule has 1 aromatic heterocycles. The Hall–Kier alpha value is -4.06. The molecule has 0 N–H and O–H groups in total. The monoisotopic (exact) mass is 531 g/mol. The third-order valence-electron chi connectivity index (χ3n) is 7.45. The van der Waals surface area contributed by atoms with Crippen molar-refractivity contribution in [1.82, 2.24) is 24.8 Å². The highest BCUT2D eigenvalue weighted by Crippen LogP contribution is 2.36. The van der Waals surface area contributed by atoms with Crippen molar-refractivity contribution in [3.05, 3.63) is 82.7 Å². The maximum Gasteiger partial charge on any atom is 0.346 e. The van der Waals surface area contributed by atoms with Gasteiger partial charge in [-0.3, -0.25) is 4.90 Å². The van der Waals surface area contributed by atoms with Gasteiger partial charge in [0.2, 0.25) is 0 Å². The van der Waals surface area contributed by atoms with Gasteiger partial charge < -0.3 is 23.8 Å². The van der Waals surface area contributed by atoms with Gasteiger partial charge in [0.15, 0.2) is 13.6 Å². The molecule has 0 atom stereocenters. The summed E-state index contributed by atoms with van der Waals surface area (Å²) in [6, 6.07) is 16.2. The Balaban J connectivity index is 1.17. The minimum absolute atomic E-state index is 0.0667. The molecule has 11 heteroatoms. The number of amides is 1. The highest BCUT2D eigenvalue weighted by molar-refractivity contribution is 5.87. The second kappa shape index (κ2) is 9.92. The fourth-order valence-corrected chi connectivity index (χ4v) is 5.51. The SMILES string of the molecule is O=C(N1CCN(C(c2ccc3c(c2)COCO3)c2ccc3c(c2)COCO3)CC1)n1nnc2ccc(F)cc21. The molecular formula is C28H26FN5O5. The van der Waals surface area contributed by atoms with E-state index in [1.54, 1.807) is 4.90 Å². The number of hydrogen-bond donors (Lipinski definition) is 0. The number of ether oxygens (including phenoxy) is 4. The van der Waals surface area contributed by atoms with Gasteiger partial charge in [0, 0.05) is 43.4 Å². The smallest absolute Gasteiger partial charge is 0.346 e. The summed E-state index contributed by atoms with van der Waals surface area (Å²) >= 11 is 0. The Kier molecular flexibility index (Phi) is 6.11. The van der Waals surface area contributed by atoms with E-state index >= 15 is 0 Å². The van der Waals surface area contributed by atoms with Crippen LogP contribution in [0.1, 0.15) is 28.3 Å². The molecular weight excluding hydrogens is 505 g/mol. The molecule has 0 unspecified atom stereocenters. The summed E-state index contributed by atoms with van der Waals surface area (Å²) < 4.78 is 37.4. The molecule has 1 fully saturated rings. The van der Waals surface area contributed by atoms with Gasteiger partial charge in [-0.25, -0.2) is 9.18 Å². The van der Waals surface area contributed by atoms with Crippen LogP contribution in [0.15, 0.2) is 54.6 Å². The van der Waals surface area contributed by atoms with Crippen LogP contribution < -0.4 is 9.47 Å². The van der Waals surface area contributed by atoms with Gasteiger partial charge in [-0.05, 0) is 47.5 Å². The Labute approximate surface area is 223 Å². The number of fused-ring (bicyclic) bond motifs is 3. The molecule has 10 nitrogen and oxygen atoms in total. The topological polar surface area (TPSA) is 91.2 Å². The van der Waals surface area contributed by atoms with Crippen LogP contribution in [-0.2, 0) is 22.7 Å². The maximum absolute atomic E-state index is 13.8. The molecule has 0 radical (unpaired) electrons. The van der Waals surface area contributed by atoms with Gasteiger partial charge in [0.05, 0.1) is 19.3 Å². The van der Waals surface area contributed by atoms with Crippen LogP contribution in [0.5, 0.6) is 11.5 Å². The molecule has 0 aliphatic carbocycles. The van der Waals surface area contributed by atoms with E-state index in [2.05, 4.69) is 39.5 Å².